The van der Waals surface area contributed by atoms with Crippen LogP contribution in [0.4, 0.5) is 0 Å². The molecule has 0 amide bonds. The lowest BCUT2D eigenvalue weighted by Gasteiger charge is -2.40. The molecule has 0 radical (unpaired) electrons. The van der Waals surface area contributed by atoms with Crippen LogP contribution in [-0.4, -0.2) is 24.5 Å². The summed E-state index contributed by atoms with van der Waals surface area (Å²) in [5, 5.41) is 8.99. The Hall–Kier alpha value is -1.37. The zero-order valence-corrected chi connectivity index (χ0v) is 11.8. The minimum absolute atomic E-state index is 0.356. The lowest BCUT2D eigenvalue weighted by Crippen LogP contribution is -2.43. The van der Waals surface area contributed by atoms with Crippen LogP contribution in [0.2, 0.25) is 0 Å². The van der Waals surface area contributed by atoms with Crippen molar-refractivity contribution in [2.75, 3.05) is 19.6 Å². The molecule has 19 heavy (non-hydrogen) atoms. The molecule has 1 aromatic carbocycles. The van der Waals surface area contributed by atoms with Gasteiger partial charge in [-0.3, -0.25) is 4.90 Å². The van der Waals surface area contributed by atoms with Crippen LogP contribution in [0.5, 0.6) is 0 Å². The smallest absolute Gasteiger partial charge is 0.0991 e. The van der Waals surface area contributed by atoms with Gasteiger partial charge >= 0.3 is 0 Å². The van der Waals surface area contributed by atoms with Gasteiger partial charge in [0.05, 0.1) is 11.6 Å². The highest BCUT2D eigenvalue weighted by atomic mass is 15.2. The Balaban J connectivity index is 2.11. The van der Waals surface area contributed by atoms with Crippen molar-refractivity contribution in [1.29, 1.82) is 5.26 Å². The van der Waals surface area contributed by atoms with Crippen molar-refractivity contribution in [3.63, 3.8) is 0 Å². The average molecular weight is 257 g/mol. The lowest BCUT2D eigenvalue weighted by molar-refractivity contribution is 0.0978. The standard InChI is InChI=1S/C16H23N3/c1-12-6-7-19(11-16(12)10-18)13(2)15-5-3-4-14(8-15)9-17/h3-5,8,12-13,16H,6-7,10-11,18H2,1-2H3. The Kier molecular flexibility index (Phi) is 4.57. The number of benzene rings is 1. The molecule has 0 bridgehead atoms. The molecule has 3 atom stereocenters. The van der Waals surface area contributed by atoms with Crippen molar-refractivity contribution in [3.05, 3.63) is 35.4 Å². The molecule has 0 aromatic heterocycles. The normalized spacial score (nSPS) is 25.8. The van der Waals surface area contributed by atoms with Gasteiger partial charge in [-0.2, -0.15) is 5.26 Å². The fourth-order valence-electron chi connectivity index (χ4n) is 2.92. The molecule has 3 unspecified atom stereocenters. The van der Waals surface area contributed by atoms with E-state index in [-0.39, 0.29) is 0 Å². The number of nitrogens with zero attached hydrogens (tertiary/aromatic N) is 2. The molecule has 1 aliphatic rings. The molecule has 0 aliphatic carbocycles. The lowest BCUT2D eigenvalue weighted by atomic mass is 9.86. The molecule has 3 heteroatoms. The first-order valence-electron chi connectivity index (χ1n) is 7.10. The molecular weight excluding hydrogens is 234 g/mol. The Labute approximate surface area is 116 Å². The van der Waals surface area contributed by atoms with Gasteiger partial charge < -0.3 is 5.73 Å². The van der Waals surface area contributed by atoms with E-state index in [1.165, 1.54) is 12.0 Å². The summed E-state index contributed by atoms with van der Waals surface area (Å²) < 4.78 is 0. The maximum atomic E-state index is 8.99. The predicted molar refractivity (Wildman–Crippen MR) is 77.5 cm³/mol. The van der Waals surface area contributed by atoms with Gasteiger partial charge in [0.1, 0.15) is 0 Å². The van der Waals surface area contributed by atoms with Gasteiger partial charge in [0.2, 0.25) is 0 Å². The third kappa shape index (κ3) is 3.15. The highest BCUT2D eigenvalue weighted by molar-refractivity contribution is 5.34. The summed E-state index contributed by atoms with van der Waals surface area (Å²) in [5.41, 5.74) is 7.84. The number of piperidine rings is 1. The van der Waals surface area contributed by atoms with Gasteiger partial charge in [0.25, 0.3) is 0 Å². The molecule has 0 saturated carbocycles. The molecule has 1 aromatic rings. The van der Waals surface area contributed by atoms with Crippen LogP contribution in [0, 0.1) is 23.2 Å². The van der Waals surface area contributed by atoms with Crippen LogP contribution in [0.25, 0.3) is 0 Å². The molecular formula is C16H23N3. The van der Waals surface area contributed by atoms with Crippen molar-refractivity contribution in [3.8, 4) is 6.07 Å². The minimum atomic E-state index is 0.356. The predicted octanol–water partition coefficient (Wildman–Crippen LogP) is 2.54. The highest BCUT2D eigenvalue weighted by Gasteiger charge is 2.28. The van der Waals surface area contributed by atoms with Crippen molar-refractivity contribution >= 4 is 0 Å². The second kappa shape index (κ2) is 6.18. The second-order valence-corrected chi connectivity index (χ2v) is 5.67. The molecule has 3 nitrogen and oxygen atoms in total. The molecule has 2 rings (SSSR count). The first kappa shape index (κ1) is 14.0. The quantitative estimate of drug-likeness (QED) is 0.905. The first-order valence-corrected chi connectivity index (χ1v) is 7.10. The highest BCUT2D eigenvalue weighted by Crippen LogP contribution is 2.29. The summed E-state index contributed by atoms with van der Waals surface area (Å²) in [4.78, 5) is 2.49. The largest absolute Gasteiger partial charge is 0.330 e. The fourth-order valence-corrected chi connectivity index (χ4v) is 2.92. The molecule has 1 fully saturated rings. The maximum absolute atomic E-state index is 8.99. The van der Waals surface area contributed by atoms with E-state index in [0.717, 1.165) is 31.1 Å². The van der Waals surface area contributed by atoms with Crippen LogP contribution in [0.15, 0.2) is 24.3 Å². The van der Waals surface area contributed by atoms with Gasteiger partial charge in [-0.25, -0.2) is 0 Å². The zero-order chi connectivity index (χ0) is 13.8. The number of hydrogen-bond acceptors (Lipinski definition) is 3. The van der Waals surface area contributed by atoms with Crippen LogP contribution in [0.1, 0.15) is 37.4 Å². The summed E-state index contributed by atoms with van der Waals surface area (Å²) in [6.07, 6.45) is 1.21. The fraction of sp³-hybridized carbons (Fsp3) is 0.562. The number of nitriles is 1. The maximum Gasteiger partial charge on any atom is 0.0991 e. The van der Waals surface area contributed by atoms with Crippen LogP contribution in [0.3, 0.4) is 0 Å². The van der Waals surface area contributed by atoms with Crippen molar-refractivity contribution < 1.29 is 0 Å². The Morgan fingerprint density at radius 1 is 1.53 bits per heavy atom. The summed E-state index contributed by atoms with van der Waals surface area (Å²) in [7, 11) is 0. The Morgan fingerprint density at radius 2 is 2.32 bits per heavy atom. The summed E-state index contributed by atoms with van der Waals surface area (Å²) in [5.74, 6) is 1.31. The van der Waals surface area contributed by atoms with E-state index in [1.54, 1.807) is 0 Å². The van der Waals surface area contributed by atoms with Gasteiger partial charge in [-0.1, -0.05) is 19.1 Å². The molecule has 1 saturated heterocycles. The van der Waals surface area contributed by atoms with E-state index in [1.807, 2.05) is 18.2 Å². The van der Waals surface area contributed by atoms with E-state index in [4.69, 9.17) is 11.0 Å². The number of hydrogen-bond donors (Lipinski definition) is 1. The van der Waals surface area contributed by atoms with E-state index in [0.29, 0.717) is 12.0 Å². The molecule has 1 heterocycles. The summed E-state index contributed by atoms with van der Waals surface area (Å²) in [6, 6.07) is 10.5. The van der Waals surface area contributed by atoms with Crippen molar-refractivity contribution in [2.45, 2.75) is 26.3 Å². The zero-order valence-electron chi connectivity index (χ0n) is 11.8. The average Bonchev–Trinajstić information content (AvgIpc) is 2.47. The summed E-state index contributed by atoms with van der Waals surface area (Å²) >= 11 is 0. The Morgan fingerprint density at radius 3 is 3.00 bits per heavy atom. The molecule has 0 spiro atoms. The van der Waals surface area contributed by atoms with Gasteiger partial charge in [0, 0.05) is 12.6 Å². The van der Waals surface area contributed by atoms with Crippen LogP contribution < -0.4 is 5.73 Å². The van der Waals surface area contributed by atoms with E-state index in [2.05, 4.69) is 30.9 Å². The number of nitrogens with two attached hydrogens (primary N) is 1. The SMILES string of the molecule is CC1CCN(C(C)c2cccc(C#N)c2)CC1CN. The van der Waals surface area contributed by atoms with E-state index >= 15 is 0 Å². The third-order valence-electron chi connectivity index (χ3n) is 4.49. The van der Waals surface area contributed by atoms with Gasteiger partial charge in [0.15, 0.2) is 0 Å². The van der Waals surface area contributed by atoms with E-state index < -0.39 is 0 Å². The van der Waals surface area contributed by atoms with Gasteiger partial charge in [-0.05, 0) is 56.0 Å². The third-order valence-corrected chi connectivity index (χ3v) is 4.49. The van der Waals surface area contributed by atoms with Crippen molar-refractivity contribution in [1.82, 2.24) is 4.90 Å². The molecule has 1 aliphatic heterocycles. The van der Waals surface area contributed by atoms with Crippen LogP contribution >= 0.6 is 0 Å². The first-order chi connectivity index (χ1) is 9.15. The number of rotatable bonds is 3. The molecule has 102 valence electrons. The van der Waals surface area contributed by atoms with Gasteiger partial charge in [-0.15, -0.1) is 0 Å². The Bertz CT molecular complexity index is 463. The monoisotopic (exact) mass is 257 g/mol. The number of likely N-dealkylation sites (tertiary alicyclic amines) is 1. The van der Waals surface area contributed by atoms with Crippen molar-refractivity contribution in [2.24, 2.45) is 17.6 Å². The van der Waals surface area contributed by atoms with E-state index in [9.17, 15) is 0 Å². The second-order valence-electron chi connectivity index (χ2n) is 5.67. The molecule has 2 N–H and O–H groups in total. The topological polar surface area (TPSA) is 53.0 Å². The minimum Gasteiger partial charge on any atom is -0.330 e. The summed E-state index contributed by atoms with van der Waals surface area (Å²) in [6.45, 7) is 7.48. The van der Waals surface area contributed by atoms with Crippen LogP contribution in [-0.2, 0) is 0 Å².